The number of aromatic amines is 1. The van der Waals surface area contributed by atoms with Gasteiger partial charge in [0.25, 0.3) is 0 Å². The van der Waals surface area contributed by atoms with Crippen molar-refractivity contribution in [2.75, 3.05) is 12.4 Å². The molecule has 3 aromatic rings. The monoisotopic (exact) mass is 406 g/mol. The van der Waals surface area contributed by atoms with E-state index in [1.807, 2.05) is 36.4 Å². The number of benzene rings is 2. The molecule has 0 bridgehead atoms. The van der Waals surface area contributed by atoms with Crippen LogP contribution in [0, 0.1) is 0 Å². The molecule has 0 aliphatic rings. The maximum atomic E-state index is 11.1. The zero-order valence-electron chi connectivity index (χ0n) is 16.4. The highest BCUT2D eigenvalue weighted by atomic mass is 32.2. The summed E-state index contributed by atoms with van der Waals surface area (Å²) in [7, 11) is 0. The molecule has 0 aliphatic heterocycles. The highest BCUT2D eigenvalue weighted by molar-refractivity contribution is 7.99. The number of hydrogen-bond acceptors (Lipinski definition) is 4. The summed E-state index contributed by atoms with van der Waals surface area (Å²) in [5, 5.41) is 0.885. The molecule has 5 heteroatoms. The fourth-order valence-corrected chi connectivity index (χ4v) is 3.68. The Balaban J connectivity index is 1.27. The summed E-state index contributed by atoms with van der Waals surface area (Å²) in [6.07, 6.45) is 10.2. The fraction of sp³-hybridized carbons (Fsp3) is 0.250. The number of nitrogens with zero attached hydrogens (tertiary/aromatic N) is 1. The minimum atomic E-state index is -0.285. The summed E-state index contributed by atoms with van der Waals surface area (Å²) in [6.45, 7) is 0.740. The molecule has 0 atom stereocenters. The third-order valence-corrected chi connectivity index (χ3v) is 5.40. The van der Waals surface area contributed by atoms with Crippen molar-refractivity contribution in [3.05, 3.63) is 88.5 Å². The van der Waals surface area contributed by atoms with Crippen LogP contribution in [-0.4, -0.2) is 22.3 Å². The molecule has 1 aromatic heterocycles. The molecule has 0 amide bonds. The van der Waals surface area contributed by atoms with Crippen LogP contribution in [0.4, 0.5) is 0 Å². The smallest absolute Gasteiger partial charge is 0.345 e. The second-order valence-corrected chi connectivity index (χ2v) is 7.80. The van der Waals surface area contributed by atoms with Gasteiger partial charge < -0.3 is 9.72 Å². The molecular formula is C24H26N2O2S. The van der Waals surface area contributed by atoms with Crippen LogP contribution in [0.5, 0.6) is 5.75 Å². The van der Waals surface area contributed by atoms with Crippen LogP contribution >= 0.6 is 11.8 Å². The first kappa shape index (κ1) is 20.9. The highest BCUT2D eigenvalue weighted by Gasteiger charge is 1.97. The molecule has 0 saturated heterocycles. The number of unbranched alkanes of at least 4 members (excludes halogenated alkanes) is 3. The topological polar surface area (TPSA) is 55.0 Å². The number of H-pyrrole nitrogens is 1. The van der Waals surface area contributed by atoms with E-state index in [1.54, 1.807) is 18.0 Å². The Kier molecular flexibility index (Phi) is 8.60. The summed E-state index contributed by atoms with van der Waals surface area (Å²) in [6, 6.07) is 20.3. The van der Waals surface area contributed by atoms with Gasteiger partial charge in [-0.15, -0.1) is 11.8 Å². The first-order valence-corrected chi connectivity index (χ1v) is 10.9. The summed E-state index contributed by atoms with van der Waals surface area (Å²) in [5.74, 6) is 1.91. The quantitative estimate of drug-likeness (QED) is 0.193. The molecule has 2 aromatic carbocycles. The fourth-order valence-electron chi connectivity index (χ4n) is 2.80. The zero-order chi connectivity index (χ0) is 20.2. The number of hydrogen-bond donors (Lipinski definition) is 1. The zero-order valence-corrected chi connectivity index (χ0v) is 17.2. The Labute approximate surface area is 176 Å². The Morgan fingerprint density at radius 3 is 2.34 bits per heavy atom. The highest BCUT2D eigenvalue weighted by Crippen LogP contribution is 2.17. The lowest BCUT2D eigenvalue weighted by Crippen LogP contribution is -2.08. The molecule has 0 radical (unpaired) electrons. The van der Waals surface area contributed by atoms with Gasteiger partial charge in [-0.2, -0.15) is 0 Å². The third kappa shape index (κ3) is 8.00. The van der Waals surface area contributed by atoms with Crippen molar-refractivity contribution in [2.45, 2.75) is 30.7 Å². The molecule has 0 fully saturated rings. The third-order valence-electron chi connectivity index (χ3n) is 4.36. The van der Waals surface area contributed by atoms with Crippen molar-refractivity contribution < 1.29 is 4.74 Å². The van der Waals surface area contributed by atoms with Gasteiger partial charge in [-0.25, -0.2) is 9.78 Å². The van der Waals surface area contributed by atoms with Gasteiger partial charge in [0.15, 0.2) is 0 Å². The van der Waals surface area contributed by atoms with Crippen LogP contribution in [0.1, 0.15) is 36.8 Å². The van der Waals surface area contributed by atoms with Gasteiger partial charge in [0.2, 0.25) is 0 Å². The van der Waals surface area contributed by atoms with E-state index in [2.05, 4.69) is 46.4 Å². The minimum absolute atomic E-state index is 0.285. The molecular weight excluding hydrogens is 380 g/mol. The van der Waals surface area contributed by atoms with E-state index in [0.717, 1.165) is 54.4 Å². The van der Waals surface area contributed by atoms with Gasteiger partial charge in [0, 0.05) is 6.20 Å². The second-order valence-electron chi connectivity index (χ2n) is 6.66. The SMILES string of the molecule is O=c1nccc(SCCCCCCOc2ccc(/C=C/c3ccccc3)cc2)[nH]1. The molecule has 1 heterocycles. The van der Waals surface area contributed by atoms with E-state index in [9.17, 15) is 4.79 Å². The molecule has 1 N–H and O–H groups in total. The summed E-state index contributed by atoms with van der Waals surface area (Å²) in [5.41, 5.74) is 2.07. The first-order valence-electron chi connectivity index (χ1n) is 9.94. The van der Waals surface area contributed by atoms with E-state index >= 15 is 0 Å². The normalized spacial score (nSPS) is 11.0. The largest absolute Gasteiger partial charge is 0.494 e. The molecule has 0 spiro atoms. The van der Waals surface area contributed by atoms with Gasteiger partial charge in [0.1, 0.15) is 5.75 Å². The standard InChI is InChI=1S/C24H26N2O2S/c27-24-25-17-16-23(26-24)29-19-7-2-1-6-18-28-22-14-12-21(13-15-22)11-10-20-8-4-3-5-9-20/h3-5,8-17H,1-2,6-7,18-19H2,(H,25,26,27)/b11-10+. The van der Waals surface area contributed by atoms with Crippen molar-refractivity contribution >= 4 is 23.9 Å². The van der Waals surface area contributed by atoms with Gasteiger partial charge in [0.05, 0.1) is 11.6 Å². The van der Waals surface area contributed by atoms with E-state index in [4.69, 9.17) is 4.74 Å². The molecule has 0 aliphatic carbocycles. The lowest BCUT2D eigenvalue weighted by Gasteiger charge is -2.06. The van der Waals surface area contributed by atoms with Crippen molar-refractivity contribution in [2.24, 2.45) is 0 Å². The van der Waals surface area contributed by atoms with Crippen LogP contribution < -0.4 is 10.4 Å². The van der Waals surface area contributed by atoms with Crippen LogP contribution in [0.15, 0.2) is 76.7 Å². The molecule has 0 saturated carbocycles. The van der Waals surface area contributed by atoms with E-state index in [-0.39, 0.29) is 5.69 Å². The van der Waals surface area contributed by atoms with Crippen molar-refractivity contribution in [3.8, 4) is 5.75 Å². The molecule has 3 rings (SSSR count). The van der Waals surface area contributed by atoms with Crippen LogP contribution in [0.25, 0.3) is 12.2 Å². The van der Waals surface area contributed by atoms with Gasteiger partial charge in [-0.1, -0.05) is 67.5 Å². The number of ether oxygens (including phenoxy) is 1. The molecule has 0 unspecified atom stereocenters. The van der Waals surface area contributed by atoms with Crippen LogP contribution in [0.3, 0.4) is 0 Å². The average molecular weight is 407 g/mol. The number of aromatic nitrogens is 2. The Hall–Kier alpha value is -2.79. The number of nitrogens with one attached hydrogen (secondary N) is 1. The molecule has 4 nitrogen and oxygen atoms in total. The van der Waals surface area contributed by atoms with Crippen molar-refractivity contribution in [3.63, 3.8) is 0 Å². The minimum Gasteiger partial charge on any atom is -0.494 e. The summed E-state index contributed by atoms with van der Waals surface area (Å²) >= 11 is 1.67. The molecule has 150 valence electrons. The maximum Gasteiger partial charge on any atom is 0.345 e. The van der Waals surface area contributed by atoms with E-state index < -0.39 is 0 Å². The first-order chi connectivity index (χ1) is 14.3. The van der Waals surface area contributed by atoms with Gasteiger partial charge in [-0.3, -0.25) is 0 Å². The Morgan fingerprint density at radius 1 is 0.862 bits per heavy atom. The summed E-state index contributed by atoms with van der Waals surface area (Å²) < 4.78 is 5.84. The van der Waals surface area contributed by atoms with Crippen molar-refractivity contribution in [1.29, 1.82) is 0 Å². The van der Waals surface area contributed by atoms with Crippen LogP contribution in [-0.2, 0) is 0 Å². The summed E-state index contributed by atoms with van der Waals surface area (Å²) in [4.78, 5) is 17.5. The lowest BCUT2D eigenvalue weighted by molar-refractivity contribution is 0.305. The predicted octanol–water partition coefficient (Wildman–Crippen LogP) is 5.67. The van der Waals surface area contributed by atoms with Gasteiger partial charge >= 0.3 is 5.69 Å². The van der Waals surface area contributed by atoms with Gasteiger partial charge in [-0.05, 0) is 47.9 Å². The van der Waals surface area contributed by atoms with Crippen molar-refractivity contribution in [1.82, 2.24) is 9.97 Å². The Bertz CT molecular complexity index is 937. The Morgan fingerprint density at radius 2 is 1.59 bits per heavy atom. The maximum absolute atomic E-state index is 11.1. The average Bonchev–Trinajstić information content (AvgIpc) is 2.76. The second kappa shape index (κ2) is 11.9. The van der Waals surface area contributed by atoms with E-state index in [0.29, 0.717) is 0 Å². The molecule has 29 heavy (non-hydrogen) atoms. The number of rotatable bonds is 11. The number of thioether (sulfide) groups is 1. The van der Waals surface area contributed by atoms with E-state index in [1.165, 1.54) is 5.56 Å². The predicted molar refractivity (Wildman–Crippen MR) is 121 cm³/mol. The lowest BCUT2D eigenvalue weighted by atomic mass is 10.1. The van der Waals surface area contributed by atoms with Crippen LogP contribution in [0.2, 0.25) is 0 Å².